The maximum Gasteiger partial charge on any atom is 0.232 e. The third kappa shape index (κ3) is 4.08. The van der Waals surface area contributed by atoms with Gasteiger partial charge in [-0.25, -0.2) is 4.39 Å². The van der Waals surface area contributed by atoms with E-state index >= 15 is 0 Å². The molecule has 1 saturated heterocycles. The molecule has 0 N–H and O–H groups in total. The van der Waals surface area contributed by atoms with E-state index in [2.05, 4.69) is 4.98 Å². The Morgan fingerprint density at radius 1 is 1.13 bits per heavy atom. The van der Waals surface area contributed by atoms with Gasteiger partial charge in [0.1, 0.15) is 5.82 Å². The summed E-state index contributed by atoms with van der Waals surface area (Å²) >= 11 is 0. The molecule has 1 aliphatic rings. The zero-order valence-electron chi connectivity index (χ0n) is 16.7. The first-order valence-corrected chi connectivity index (χ1v) is 9.85. The number of aryl methyl sites for hydroxylation is 1. The molecule has 5 nitrogen and oxygen atoms in total. The van der Waals surface area contributed by atoms with Crippen LogP contribution in [0.5, 0.6) is 0 Å². The number of pyridine rings is 1. The summed E-state index contributed by atoms with van der Waals surface area (Å²) in [6.07, 6.45) is 3.42. The van der Waals surface area contributed by atoms with Crippen molar-refractivity contribution in [1.29, 1.82) is 0 Å². The lowest BCUT2D eigenvalue weighted by Crippen LogP contribution is -2.37. The number of aromatic nitrogens is 1. The van der Waals surface area contributed by atoms with Gasteiger partial charge in [0.05, 0.1) is 12.5 Å². The molecule has 0 aliphatic carbocycles. The van der Waals surface area contributed by atoms with E-state index in [1.54, 1.807) is 53.4 Å². The maximum absolute atomic E-state index is 13.6. The number of benzene rings is 2. The van der Waals surface area contributed by atoms with Crippen molar-refractivity contribution < 1.29 is 14.0 Å². The number of rotatable bonds is 5. The highest BCUT2D eigenvalue weighted by Gasteiger charge is 2.37. The molecule has 4 rings (SSSR count). The molecule has 6 heteroatoms. The van der Waals surface area contributed by atoms with E-state index in [9.17, 15) is 14.0 Å². The molecule has 0 saturated carbocycles. The van der Waals surface area contributed by atoms with Crippen LogP contribution in [0.25, 0.3) is 0 Å². The van der Waals surface area contributed by atoms with Crippen LogP contribution >= 0.6 is 0 Å². The van der Waals surface area contributed by atoms with E-state index in [1.807, 2.05) is 30.3 Å². The fourth-order valence-electron chi connectivity index (χ4n) is 3.73. The fourth-order valence-corrected chi connectivity index (χ4v) is 3.73. The first-order chi connectivity index (χ1) is 14.5. The molecular weight excluding hydrogens is 381 g/mol. The molecule has 3 aromatic rings. The quantitative estimate of drug-likeness (QED) is 0.644. The van der Waals surface area contributed by atoms with E-state index in [0.29, 0.717) is 17.8 Å². The van der Waals surface area contributed by atoms with Gasteiger partial charge in [-0.1, -0.05) is 30.3 Å². The van der Waals surface area contributed by atoms with Crippen LogP contribution in [-0.2, 0) is 16.1 Å². The van der Waals surface area contributed by atoms with Crippen molar-refractivity contribution in [3.63, 3.8) is 0 Å². The second kappa shape index (κ2) is 8.45. The summed E-state index contributed by atoms with van der Waals surface area (Å²) in [5.74, 6) is -1.03. The minimum atomic E-state index is -0.472. The van der Waals surface area contributed by atoms with Crippen molar-refractivity contribution in [2.45, 2.75) is 19.9 Å². The van der Waals surface area contributed by atoms with Crippen LogP contribution < -0.4 is 9.80 Å². The third-order valence-electron chi connectivity index (χ3n) is 5.35. The molecule has 0 radical (unpaired) electrons. The SMILES string of the molecule is Cc1cc(N2CC(C(=O)N(Cc3ccccc3)c3ccncc3)CC2=O)ccc1F. The largest absolute Gasteiger partial charge is 0.312 e. The van der Waals surface area contributed by atoms with Crippen LogP contribution in [0.1, 0.15) is 17.5 Å². The average molecular weight is 403 g/mol. The number of hydrogen-bond acceptors (Lipinski definition) is 3. The van der Waals surface area contributed by atoms with Gasteiger partial charge < -0.3 is 9.80 Å². The maximum atomic E-state index is 13.6. The molecule has 2 amide bonds. The smallest absolute Gasteiger partial charge is 0.232 e. The highest BCUT2D eigenvalue weighted by molar-refractivity contribution is 6.04. The first-order valence-electron chi connectivity index (χ1n) is 9.85. The van der Waals surface area contributed by atoms with E-state index in [-0.39, 0.29) is 30.6 Å². The lowest BCUT2D eigenvalue weighted by atomic mass is 10.1. The Morgan fingerprint density at radius 2 is 1.87 bits per heavy atom. The molecule has 0 spiro atoms. The average Bonchev–Trinajstić information content (AvgIpc) is 3.16. The van der Waals surface area contributed by atoms with Crippen LogP contribution in [0.3, 0.4) is 0 Å². The zero-order valence-corrected chi connectivity index (χ0v) is 16.7. The molecule has 1 aliphatic heterocycles. The number of carbonyl (C=O) groups excluding carboxylic acids is 2. The number of hydrogen-bond donors (Lipinski definition) is 0. The second-order valence-electron chi connectivity index (χ2n) is 7.45. The predicted octanol–water partition coefficient (Wildman–Crippen LogP) is 4.12. The predicted molar refractivity (Wildman–Crippen MR) is 113 cm³/mol. The summed E-state index contributed by atoms with van der Waals surface area (Å²) in [4.78, 5) is 33.4. The van der Waals surface area contributed by atoms with Crippen LogP contribution in [-0.4, -0.2) is 23.3 Å². The Hall–Kier alpha value is -3.54. The van der Waals surface area contributed by atoms with Gasteiger partial charge in [-0.05, 0) is 48.4 Å². The Bertz CT molecular complexity index is 1060. The fraction of sp³-hybridized carbons (Fsp3) is 0.208. The van der Waals surface area contributed by atoms with E-state index in [0.717, 1.165) is 11.3 Å². The lowest BCUT2D eigenvalue weighted by molar-refractivity contribution is -0.124. The van der Waals surface area contributed by atoms with Gasteiger partial charge in [-0.2, -0.15) is 0 Å². The topological polar surface area (TPSA) is 53.5 Å². The Morgan fingerprint density at radius 3 is 2.57 bits per heavy atom. The normalized spacial score (nSPS) is 16.0. The zero-order chi connectivity index (χ0) is 21.1. The second-order valence-corrected chi connectivity index (χ2v) is 7.45. The molecule has 30 heavy (non-hydrogen) atoms. The minimum Gasteiger partial charge on any atom is -0.312 e. The van der Waals surface area contributed by atoms with Crippen molar-refractivity contribution in [1.82, 2.24) is 4.98 Å². The molecule has 1 unspecified atom stereocenters. The highest BCUT2D eigenvalue weighted by Crippen LogP contribution is 2.29. The first kappa shape index (κ1) is 19.8. The van der Waals surface area contributed by atoms with Crippen molar-refractivity contribution >= 4 is 23.2 Å². The van der Waals surface area contributed by atoms with Crippen LogP contribution in [0.4, 0.5) is 15.8 Å². The highest BCUT2D eigenvalue weighted by atomic mass is 19.1. The lowest BCUT2D eigenvalue weighted by Gasteiger charge is -2.26. The van der Waals surface area contributed by atoms with Gasteiger partial charge in [0.25, 0.3) is 0 Å². The summed E-state index contributed by atoms with van der Waals surface area (Å²) in [6.45, 7) is 2.34. The molecular formula is C24H22FN3O2. The van der Waals surface area contributed by atoms with Crippen LogP contribution in [0.15, 0.2) is 73.1 Å². The summed E-state index contributed by atoms with van der Waals surface area (Å²) in [5, 5.41) is 0. The minimum absolute atomic E-state index is 0.111. The molecule has 1 aromatic heterocycles. The molecule has 1 atom stereocenters. The van der Waals surface area contributed by atoms with E-state index in [1.165, 1.54) is 6.07 Å². The molecule has 2 heterocycles. The van der Waals surface area contributed by atoms with E-state index < -0.39 is 5.92 Å². The summed E-state index contributed by atoms with van der Waals surface area (Å²) in [6, 6.07) is 17.9. The van der Waals surface area contributed by atoms with Gasteiger partial charge in [0.2, 0.25) is 11.8 Å². The molecule has 2 aromatic carbocycles. The summed E-state index contributed by atoms with van der Waals surface area (Å²) in [7, 11) is 0. The monoisotopic (exact) mass is 403 g/mol. The molecule has 0 bridgehead atoms. The Labute approximate surface area is 174 Å². The number of amides is 2. The van der Waals surface area contributed by atoms with Crippen LogP contribution in [0.2, 0.25) is 0 Å². The number of carbonyl (C=O) groups is 2. The number of nitrogens with zero attached hydrogens (tertiary/aromatic N) is 3. The van der Waals surface area contributed by atoms with Gasteiger partial charge in [-0.3, -0.25) is 14.6 Å². The van der Waals surface area contributed by atoms with Gasteiger partial charge in [-0.15, -0.1) is 0 Å². The van der Waals surface area contributed by atoms with Crippen molar-refractivity contribution in [3.05, 3.63) is 90.0 Å². The Kier molecular flexibility index (Phi) is 5.57. The van der Waals surface area contributed by atoms with Crippen molar-refractivity contribution in [2.24, 2.45) is 5.92 Å². The standard InChI is InChI=1S/C24H22FN3O2/c1-17-13-21(7-8-22(17)25)27-16-19(14-23(27)29)24(30)28(20-9-11-26-12-10-20)15-18-5-3-2-4-6-18/h2-13,19H,14-16H2,1H3. The molecule has 1 fully saturated rings. The van der Waals surface area contributed by atoms with E-state index in [4.69, 9.17) is 0 Å². The summed E-state index contributed by atoms with van der Waals surface area (Å²) in [5.41, 5.74) is 2.82. The molecule has 152 valence electrons. The van der Waals surface area contributed by atoms with Crippen molar-refractivity contribution in [3.8, 4) is 0 Å². The number of halogens is 1. The Balaban J connectivity index is 1.58. The van der Waals surface area contributed by atoms with Crippen molar-refractivity contribution in [2.75, 3.05) is 16.3 Å². The van der Waals surface area contributed by atoms with Gasteiger partial charge in [0, 0.05) is 36.7 Å². The van der Waals surface area contributed by atoms with Gasteiger partial charge in [0.15, 0.2) is 0 Å². The van der Waals surface area contributed by atoms with Gasteiger partial charge >= 0.3 is 0 Å². The third-order valence-corrected chi connectivity index (χ3v) is 5.35. The van der Waals surface area contributed by atoms with Crippen LogP contribution in [0, 0.1) is 18.7 Å². The number of anilines is 2. The summed E-state index contributed by atoms with van der Waals surface area (Å²) < 4.78 is 13.6.